The Balaban J connectivity index is 1.67. The fraction of sp³-hybridized carbons (Fsp3) is 0.211. The van der Waals surface area contributed by atoms with E-state index in [1.54, 1.807) is 0 Å². The van der Waals surface area contributed by atoms with Gasteiger partial charge in [-0.05, 0) is 29.2 Å². The van der Waals surface area contributed by atoms with E-state index in [0.717, 1.165) is 22.3 Å². The number of nitrogens with two attached hydrogens (primary N) is 1. The Hall–Kier alpha value is -3.04. The van der Waals surface area contributed by atoms with Crippen LogP contribution in [-0.2, 0) is 16.6 Å². The van der Waals surface area contributed by atoms with Crippen LogP contribution in [0.15, 0.2) is 54.9 Å². The van der Waals surface area contributed by atoms with Crippen LogP contribution in [0.5, 0.6) is 6.01 Å². The standard InChI is InChI=1S/C19H21N5O3S/c1-14-16(8-5-9-17(14)15-6-3-2-4-7-15)12-27-19-23-13-22-18(24-19)21-10-11-28(20,25)26/h2-9,13H,10-12H2,1H3,(H2,20,25,26)(H,21,22,23,24). The normalized spacial score (nSPS) is 11.2. The molecule has 0 saturated carbocycles. The third-order valence-corrected chi connectivity index (χ3v) is 4.88. The Bertz CT molecular complexity index is 1040. The van der Waals surface area contributed by atoms with E-state index in [0.29, 0.717) is 6.61 Å². The molecule has 3 rings (SSSR count). The maximum atomic E-state index is 11.0. The number of hydrogen-bond acceptors (Lipinski definition) is 7. The molecule has 9 heteroatoms. The first-order chi connectivity index (χ1) is 13.4. The van der Waals surface area contributed by atoms with Crippen molar-refractivity contribution in [1.29, 1.82) is 0 Å². The number of hydrogen-bond donors (Lipinski definition) is 2. The second kappa shape index (κ2) is 8.77. The molecule has 0 amide bonds. The number of ether oxygens (including phenoxy) is 1. The maximum Gasteiger partial charge on any atom is 0.321 e. The molecule has 3 aromatic rings. The monoisotopic (exact) mass is 399 g/mol. The predicted molar refractivity (Wildman–Crippen MR) is 107 cm³/mol. The van der Waals surface area contributed by atoms with Gasteiger partial charge in [0.05, 0.1) is 5.75 Å². The lowest BCUT2D eigenvalue weighted by Crippen LogP contribution is -2.23. The van der Waals surface area contributed by atoms with Gasteiger partial charge >= 0.3 is 6.01 Å². The molecule has 1 heterocycles. The minimum atomic E-state index is -3.55. The predicted octanol–water partition coefficient (Wildman–Crippen LogP) is 2.13. The van der Waals surface area contributed by atoms with Crippen LogP contribution in [0.3, 0.4) is 0 Å². The Labute approximate surface area is 163 Å². The zero-order valence-corrected chi connectivity index (χ0v) is 16.2. The summed E-state index contributed by atoms with van der Waals surface area (Å²) in [5.41, 5.74) is 4.42. The van der Waals surface area contributed by atoms with Crippen molar-refractivity contribution >= 4 is 16.0 Å². The van der Waals surface area contributed by atoms with Crippen LogP contribution >= 0.6 is 0 Å². The van der Waals surface area contributed by atoms with E-state index < -0.39 is 10.0 Å². The molecule has 0 fully saturated rings. The SMILES string of the molecule is Cc1c(COc2ncnc(NCCS(N)(=O)=O)n2)cccc1-c1ccccc1. The van der Waals surface area contributed by atoms with Crippen molar-refractivity contribution in [3.8, 4) is 17.1 Å². The van der Waals surface area contributed by atoms with Gasteiger partial charge in [0.1, 0.15) is 12.9 Å². The van der Waals surface area contributed by atoms with E-state index in [1.807, 2.05) is 30.3 Å². The molecule has 28 heavy (non-hydrogen) atoms. The average Bonchev–Trinajstić information content (AvgIpc) is 2.67. The van der Waals surface area contributed by atoms with Crippen molar-refractivity contribution in [3.63, 3.8) is 0 Å². The molecule has 8 nitrogen and oxygen atoms in total. The van der Waals surface area contributed by atoms with Crippen molar-refractivity contribution in [2.75, 3.05) is 17.6 Å². The van der Waals surface area contributed by atoms with Gasteiger partial charge in [0.15, 0.2) is 0 Å². The van der Waals surface area contributed by atoms with Gasteiger partial charge in [-0.2, -0.15) is 9.97 Å². The molecule has 2 aromatic carbocycles. The zero-order chi connectivity index (χ0) is 20.0. The van der Waals surface area contributed by atoms with Gasteiger partial charge in [-0.15, -0.1) is 0 Å². The molecule has 0 radical (unpaired) electrons. The minimum absolute atomic E-state index is 0.0977. The highest BCUT2D eigenvalue weighted by atomic mass is 32.2. The summed E-state index contributed by atoms with van der Waals surface area (Å²) in [7, 11) is -3.55. The molecule has 3 N–H and O–H groups in total. The largest absolute Gasteiger partial charge is 0.458 e. The van der Waals surface area contributed by atoms with E-state index in [2.05, 4.69) is 45.4 Å². The first kappa shape index (κ1) is 19.7. The third-order valence-electron chi connectivity index (χ3n) is 4.11. The van der Waals surface area contributed by atoms with Gasteiger partial charge in [0.25, 0.3) is 0 Å². The van der Waals surface area contributed by atoms with Crippen LogP contribution in [-0.4, -0.2) is 35.7 Å². The number of primary sulfonamides is 1. The highest BCUT2D eigenvalue weighted by Gasteiger charge is 2.09. The molecule has 0 spiro atoms. The van der Waals surface area contributed by atoms with Gasteiger partial charge in [-0.3, -0.25) is 0 Å². The Morgan fingerprint density at radius 3 is 2.61 bits per heavy atom. The van der Waals surface area contributed by atoms with E-state index in [1.165, 1.54) is 6.33 Å². The quantitative estimate of drug-likeness (QED) is 0.595. The van der Waals surface area contributed by atoms with E-state index in [-0.39, 0.29) is 24.3 Å². The van der Waals surface area contributed by atoms with Crippen LogP contribution < -0.4 is 15.2 Å². The van der Waals surface area contributed by atoms with Gasteiger partial charge in [-0.1, -0.05) is 48.5 Å². The third kappa shape index (κ3) is 5.48. The average molecular weight is 399 g/mol. The van der Waals surface area contributed by atoms with Gasteiger partial charge < -0.3 is 10.1 Å². The molecular weight excluding hydrogens is 378 g/mol. The molecule has 146 valence electrons. The summed E-state index contributed by atoms with van der Waals surface area (Å²) >= 11 is 0. The van der Waals surface area contributed by atoms with Gasteiger partial charge in [-0.25, -0.2) is 18.5 Å². The number of rotatable bonds is 8. The molecule has 0 aliphatic carbocycles. The molecule has 0 bridgehead atoms. The van der Waals surface area contributed by atoms with Crippen LogP contribution in [0, 0.1) is 6.92 Å². The van der Waals surface area contributed by atoms with Crippen LogP contribution in [0.1, 0.15) is 11.1 Å². The fourth-order valence-electron chi connectivity index (χ4n) is 2.65. The van der Waals surface area contributed by atoms with Gasteiger partial charge in [0, 0.05) is 6.54 Å². The smallest absolute Gasteiger partial charge is 0.321 e. The Morgan fingerprint density at radius 1 is 1.07 bits per heavy atom. The summed E-state index contributed by atoms with van der Waals surface area (Å²) in [4.78, 5) is 12.1. The molecule has 0 unspecified atom stereocenters. The summed E-state index contributed by atoms with van der Waals surface area (Å²) in [6.07, 6.45) is 1.30. The van der Waals surface area contributed by atoms with Crippen molar-refractivity contribution in [1.82, 2.24) is 15.0 Å². The van der Waals surface area contributed by atoms with Crippen LogP contribution in [0.25, 0.3) is 11.1 Å². The minimum Gasteiger partial charge on any atom is -0.458 e. The molecule has 0 atom stereocenters. The van der Waals surface area contributed by atoms with Crippen molar-refractivity contribution in [2.45, 2.75) is 13.5 Å². The summed E-state index contributed by atoms with van der Waals surface area (Å²) in [5, 5.41) is 7.74. The maximum absolute atomic E-state index is 11.0. The van der Waals surface area contributed by atoms with Gasteiger partial charge in [0.2, 0.25) is 16.0 Å². The van der Waals surface area contributed by atoms with E-state index in [9.17, 15) is 8.42 Å². The second-order valence-corrected chi connectivity index (χ2v) is 7.86. The summed E-state index contributed by atoms with van der Waals surface area (Å²) in [6, 6.07) is 16.3. The summed E-state index contributed by atoms with van der Waals surface area (Å²) in [5.74, 6) is 0.00350. The lowest BCUT2D eigenvalue weighted by Gasteiger charge is -2.12. The fourth-order valence-corrected chi connectivity index (χ4v) is 3.04. The lowest BCUT2D eigenvalue weighted by molar-refractivity contribution is 0.279. The topological polar surface area (TPSA) is 120 Å². The number of aromatic nitrogens is 3. The summed E-state index contributed by atoms with van der Waals surface area (Å²) < 4.78 is 27.6. The van der Waals surface area contributed by atoms with Crippen molar-refractivity contribution in [2.24, 2.45) is 5.14 Å². The van der Waals surface area contributed by atoms with Crippen molar-refractivity contribution in [3.05, 3.63) is 66.0 Å². The number of nitrogens with zero attached hydrogens (tertiary/aromatic N) is 3. The second-order valence-electron chi connectivity index (χ2n) is 6.13. The molecule has 0 aliphatic heterocycles. The lowest BCUT2D eigenvalue weighted by atomic mass is 9.97. The number of benzene rings is 2. The molecular formula is C19H21N5O3S. The van der Waals surface area contributed by atoms with Crippen LogP contribution in [0.2, 0.25) is 0 Å². The molecule has 1 aromatic heterocycles. The van der Waals surface area contributed by atoms with E-state index >= 15 is 0 Å². The zero-order valence-electron chi connectivity index (χ0n) is 15.4. The van der Waals surface area contributed by atoms with Crippen LogP contribution in [0.4, 0.5) is 5.95 Å². The first-order valence-electron chi connectivity index (χ1n) is 8.62. The Kier molecular flexibility index (Phi) is 6.17. The Morgan fingerprint density at radius 2 is 1.86 bits per heavy atom. The highest BCUT2D eigenvalue weighted by Crippen LogP contribution is 2.26. The first-order valence-corrected chi connectivity index (χ1v) is 10.3. The number of sulfonamides is 1. The number of nitrogens with one attached hydrogen (secondary N) is 1. The van der Waals surface area contributed by atoms with E-state index in [4.69, 9.17) is 9.88 Å². The molecule has 0 aliphatic rings. The highest BCUT2D eigenvalue weighted by molar-refractivity contribution is 7.89. The number of anilines is 1. The van der Waals surface area contributed by atoms with Crippen molar-refractivity contribution < 1.29 is 13.2 Å². The molecule has 0 saturated heterocycles. The summed E-state index contributed by atoms with van der Waals surface area (Å²) in [6.45, 7) is 2.45.